The third kappa shape index (κ3) is 0.582. The van der Waals surface area contributed by atoms with Gasteiger partial charge in [0.25, 0.3) is 0 Å². The summed E-state index contributed by atoms with van der Waals surface area (Å²) in [6, 6.07) is 0. The van der Waals surface area contributed by atoms with Crippen molar-refractivity contribution in [2.75, 3.05) is 0 Å². The molecule has 2 bridgehead atoms. The Hall–Kier alpha value is -0.460. The van der Waals surface area contributed by atoms with Gasteiger partial charge in [-0.05, 0) is 25.7 Å². The second-order valence-corrected chi connectivity index (χ2v) is 4.27. The molecule has 1 heterocycles. The van der Waals surface area contributed by atoms with E-state index in [1.54, 1.807) is 0 Å². The van der Waals surface area contributed by atoms with Crippen molar-refractivity contribution in [1.29, 1.82) is 0 Å². The van der Waals surface area contributed by atoms with Crippen LogP contribution in [0.2, 0.25) is 0 Å². The van der Waals surface area contributed by atoms with Crippen LogP contribution in [0.25, 0.3) is 0 Å². The standard InChI is InChI=1S/C10H14O/c1-2-4-10-5-3-7(6-10)8-9(10)11-8/h7H,2-6H2,1H3. The van der Waals surface area contributed by atoms with E-state index in [9.17, 15) is 0 Å². The highest BCUT2D eigenvalue weighted by Crippen LogP contribution is 2.67. The van der Waals surface area contributed by atoms with Crippen molar-refractivity contribution in [1.82, 2.24) is 0 Å². The quantitative estimate of drug-likeness (QED) is 0.589. The Morgan fingerprint density at radius 3 is 3.18 bits per heavy atom. The van der Waals surface area contributed by atoms with Crippen LogP contribution in [0.3, 0.4) is 0 Å². The summed E-state index contributed by atoms with van der Waals surface area (Å²) < 4.78 is 5.53. The third-order valence-electron chi connectivity index (χ3n) is 3.58. The van der Waals surface area contributed by atoms with Crippen LogP contribution in [0, 0.1) is 11.3 Å². The van der Waals surface area contributed by atoms with Gasteiger partial charge in [-0.15, -0.1) is 0 Å². The first kappa shape index (κ1) is 6.10. The summed E-state index contributed by atoms with van der Waals surface area (Å²) in [6.45, 7) is 2.28. The lowest BCUT2D eigenvalue weighted by Gasteiger charge is -2.22. The SMILES string of the molecule is CCCC12CCC(C1)C1=C2O1. The van der Waals surface area contributed by atoms with Gasteiger partial charge in [0, 0.05) is 11.3 Å². The van der Waals surface area contributed by atoms with E-state index in [0.717, 1.165) is 5.92 Å². The fourth-order valence-corrected chi connectivity index (χ4v) is 3.10. The van der Waals surface area contributed by atoms with E-state index < -0.39 is 0 Å². The number of rotatable bonds is 2. The average molecular weight is 150 g/mol. The Balaban J connectivity index is 1.93. The van der Waals surface area contributed by atoms with Crippen LogP contribution in [0.15, 0.2) is 11.5 Å². The van der Waals surface area contributed by atoms with Crippen molar-refractivity contribution in [3.8, 4) is 0 Å². The maximum Gasteiger partial charge on any atom is 0.148 e. The van der Waals surface area contributed by atoms with Crippen molar-refractivity contribution in [2.45, 2.75) is 39.0 Å². The second kappa shape index (κ2) is 1.65. The van der Waals surface area contributed by atoms with E-state index in [0.29, 0.717) is 5.41 Å². The van der Waals surface area contributed by atoms with Gasteiger partial charge < -0.3 is 4.74 Å². The molecular weight excluding hydrogens is 136 g/mol. The molecule has 1 saturated carbocycles. The molecule has 0 amide bonds. The van der Waals surface area contributed by atoms with Crippen LogP contribution < -0.4 is 0 Å². The molecule has 0 aromatic rings. The van der Waals surface area contributed by atoms with Crippen molar-refractivity contribution in [2.24, 2.45) is 11.3 Å². The van der Waals surface area contributed by atoms with E-state index in [2.05, 4.69) is 6.92 Å². The van der Waals surface area contributed by atoms with Gasteiger partial charge in [-0.2, -0.15) is 0 Å². The fourth-order valence-electron chi connectivity index (χ4n) is 3.10. The van der Waals surface area contributed by atoms with Crippen LogP contribution in [0.5, 0.6) is 0 Å². The number of fused-ring (bicyclic) bond motifs is 4. The van der Waals surface area contributed by atoms with Crippen LogP contribution >= 0.6 is 0 Å². The molecule has 2 aliphatic carbocycles. The molecule has 1 aliphatic heterocycles. The first-order valence-corrected chi connectivity index (χ1v) is 4.78. The lowest BCUT2D eigenvalue weighted by atomic mass is 9.82. The van der Waals surface area contributed by atoms with Gasteiger partial charge in [0.2, 0.25) is 0 Å². The number of hydrogen-bond acceptors (Lipinski definition) is 1. The van der Waals surface area contributed by atoms with E-state index in [4.69, 9.17) is 4.74 Å². The highest BCUT2D eigenvalue weighted by Gasteiger charge is 2.60. The molecular formula is C10H14O. The number of ether oxygens (including phenoxy) is 1. The molecule has 2 unspecified atom stereocenters. The zero-order valence-electron chi connectivity index (χ0n) is 7.02. The minimum Gasteiger partial charge on any atom is -0.458 e. The topological polar surface area (TPSA) is 12.5 Å². The highest BCUT2D eigenvalue weighted by atomic mass is 16.6. The van der Waals surface area contributed by atoms with Crippen LogP contribution in [0.4, 0.5) is 0 Å². The van der Waals surface area contributed by atoms with Crippen LogP contribution in [-0.2, 0) is 4.74 Å². The number of hydrogen-bond donors (Lipinski definition) is 0. The highest BCUT2D eigenvalue weighted by molar-refractivity contribution is 5.37. The normalized spacial score (nSPS) is 44.3. The summed E-state index contributed by atoms with van der Waals surface area (Å²) in [5.41, 5.74) is 0.550. The monoisotopic (exact) mass is 150 g/mol. The van der Waals surface area contributed by atoms with Gasteiger partial charge in [0.05, 0.1) is 0 Å². The van der Waals surface area contributed by atoms with Gasteiger partial charge in [-0.1, -0.05) is 13.3 Å². The summed E-state index contributed by atoms with van der Waals surface area (Å²) in [7, 11) is 0. The Bertz CT molecular complexity index is 241. The predicted molar refractivity (Wildman–Crippen MR) is 42.8 cm³/mol. The summed E-state index contributed by atoms with van der Waals surface area (Å²) >= 11 is 0. The molecule has 1 heteroatoms. The molecule has 60 valence electrons. The average Bonchev–Trinajstić information content (AvgIpc) is 2.66. The molecule has 0 aromatic carbocycles. The number of allylic oxidation sites excluding steroid dienone is 2. The van der Waals surface area contributed by atoms with Crippen LogP contribution in [0.1, 0.15) is 39.0 Å². The Morgan fingerprint density at radius 1 is 1.64 bits per heavy atom. The van der Waals surface area contributed by atoms with E-state index in [1.165, 1.54) is 43.6 Å². The predicted octanol–water partition coefficient (Wildman–Crippen LogP) is 2.83. The molecule has 1 fully saturated rings. The molecule has 3 rings (SSSR count). The van der Waals surface area contributed by atoms with Gasteiger partial charge >= 0.3 is 0 Å². The van der Waals surface area contributed by atoms with Gasteiger partial charge in [-0.3, -0.25) is 0 Å². The van der Waals surface area contributed by atoms with E-state index >= 15 is 0 Å². The zero-order chi connectivity index (χ0) is 7.47. The lowest BCUT2D eigenvalue weighted by molar-refractivity contribution is 0.233. The smallest absolute Gasteiger partial charge is 0.148 e. The Labute approximate surface area is 67.4 Å². The molecule has 2 atom stereocenters. The first-order chi connectivity index (χ1) is 5.36. The minimum atomic E-state index is 0.550. The summed E-state index contributed by atoms with van der Waals surface area (Å²) in [5, 5.41) is 0. The first-order valence-electron chi connectivity index (χ1n) is 4.78. The van der Waals surface area contributed by atoms with Crippen molar-refractivity contribution < 1.29 is 4.74 Å². The summed E-state index contributed by atoms with van der Waals surface area (Å²) in [4.78, 5) is 0. The molecule has 0 N–H and O–H groups in total. The molecule has 1 nitrogen and oxygen atoms in total. The van der Waals surface area contributed by atoms with Crippen molar-refractivity contribution in [3.05, 3.63) is 11.5 Å². The molecule has 0 spiro atoms. The zero-order valence-corrected chi connectivity index (χ0v) is 7.02. The second-order valence-electron chi connectivity index (χ2n) is 4.27. The van der Waals surface area contributed by atoms with E-state index in [-0.39, 0.29) is 0 Å². The maximum atomic E-state index is 5.53. The molecule has 0 aromatic heterocycles. The largest absolute Gasteiger partial charge is 0.458 e. The minimum absolute atomic E-state index is 0.550. The molecule has 0 radical (unpaired) electrons. The molecule has 0 saturated heterocycles. The maximum absolute atomic E-state index is 5.53. The van der Waals surface area contributed by atoms with Gasteiger partial charge in [-0.25, -0.2) is 0 Å². The third-order valence-corrected chi connectivity index (χ3v) is 3.58. The van der Waals surface area contributed by atoms with Crippen molar-refractivity contribution in [3.63, 3.8) is 0 Å². The van der Waals surface area contributed by atoms with Gasteiger partial charge in [0.15, 0.2) is 0 Å². The van der Waals surface area contributed by atoms with Crippen LogP contribution in [-0.4, -0.2) is 0 Å². The fraction of sp³-hybridized carbons (Fsp3) is 0.800. The Kier molecular flexibility index (Phi) is 0.915. The van der Waals surface area contributed by atoms with Gasteiger partial charge in [0.1, 0.15) is 11.5 Å². The van der Waals surface area contributed by atoms with Crippen molar-refractivity contribution >= 4 is 0 Å². The lowest BCUT2D eigenvalue weighted by Crippen LogP contribution is -2.14. The summed E-state index contributed by atoms with van der Waals surface area (Å²) in [5.74, 6) is 3.65. The molecule has 11 heavy (non-hydrogen) atoms. The van der Waals surface area contributed by atoms with E-state index in [1.807, 2.05) is 0 Å². The summed E-state index contributed by atoms with van der Waals surface area (Å²) in [6.07, 6.45) is 6.91. The molecule has 3 aliphatic rings. The Morgan fingerprint density at radius 2 is 2.55 bits per heavy atom.